The van der Waals surface area contributed by atoms with Gasteiger partial charge in [-0.25, -0.2) is 0 Å². The molecule has 1 amide bonds. The zero-order chi connectivity index (χ0) is 15.4. The van der Waals surface area contributed by atoms with E-state index in [0.717, 1.165) is 17.9 Å². The Labute approximate surface area is 136 Å². The number of aryl methyl sites for hydroxylation is 3. The molecule has 114 valence electrons. The number of hydrogen-bond donors (Lipinski definition) is 1. The fourth-order valence-electron chi connectivity index (χ4n) is 2.79. The van der Waals surface area contributed by atoms with Crippen LogP contribution in [-0.2, 0) is 23.4 Å². The first-order chi connectivity index (χ1) is 10.7. The van der Waals surface area contributed by atoms with Crippen LogP contribution in [0.15, 0.2) is 42.5 Å². The lowest BCUT2D eigenvalue weighted by molar-refractivity contribution is -0.113. The largest absolute Gasteiger partial charge is 0.325 e. The van der Waals surface area contributed by atoms with Crippen molar-refractivity contribution >= 4 is 23.4 Å². The van der Waals surface area contributed by atoms with Crippen LogP contribution >= 0.6 is 11.8 Å². The molecular formula is C19H21NOS. The summed E-state index contributed by atoms with van der Waals surface area (Å²) < 4.78 is 0. The zero-order valence-electron chi connectivity index (χ0n) is 12.9. The van der Waals surface area contributed by atoms with Gasteiger partial charge in [-0.15, -0.1) is 11.8 Å². The topological polar surface area (TPSA) is 29.1 Å². The Morgan fingerprint density at radius 2 is 1.86 bits per heavy atom. The quantitative estimate of drug-likeness (QED) is 0.889. The van der Waals surface area contributed by atoms with E-state index in [1.807, 2.05) is 6.07 Å². The van der Waals surface area contributed by atoms with Gasteiger partial charge >= 0.3 is 0 Å². The Morgan fingerprint density at radius 3 is 2.68 bits per heavy atom. The molecule has 3 heteroatoms. The Bertz CT molecular complexity index is 664. The van der Waals surface area contributed by atoms with Gasteiger partial charge in [-0.1, -0.05) is 35.9 Å². The van der Waals surface area contributed by atoms with E-state index in [9.17, 15) is 4.79 Å². The number of amides is 1. The van der Waals surface area contributed by atoms with Crippen LogP contribution in [0.1, 0.15) is 28.7 Å². The van der Waals surface area contributed by atoms with E-state index in [2.05, 4.69) is 48.6 Å². The number of hydrogen-bond acceptors (Lipinski definition) is 2. The third-order valence-corrected chi connectivity index (χ3v) is 5.01. The van der Waals surface area contributed by atoms with Crippen molar-refractivity contribution in [3.8, 4) is 0 Å². The number of benzene rings is 2. The molecule has 1 N–H and O–H groups in total. The van der Waals surface area contributed by atoms with Crippen LogP contribution in [0.4, 0.5) is 5.69 Å². The Morgan fingerprint density at radius 1 is 1.09 bits per heavy atom. The highest BCUT2D eigenvalue weighted by molar-refractivity contribution is 7.99. The molecule has 1 aliphatic rings. The molecule has 0 atom stereocenters. The van der Waals surface area contributed by atoms with Crippen molar-refractivity contribution in [3.05, 3.63) is 64.7 Å². The highest BCUT2D eigenvalue weighted by Crippen LogP contribution is 2.25. The summed E-state index contributed by atoms with van der Waals surface area (Å²) in [7, 11) is 0. The minimum Gasteiger partial charge on any atom is -0.325 e. The molecule has 3 rings (SSSR count). The number of fused-ring (bicyclic) bond motifs is 1. The third-order valence-electron chi connectivity index (χ3n) is 4.00. The first kappa shape index (κ1) is 15.2. The maximum Gasteiger partial charge on any atom is 0.234 e. The first-order valence-electron chi connectivity index (χ1n) is 7.76. The van der Waals surface area contributed by atoms with Gasteiger partial charge in [0.15, 0.2) is 0 Å². The molecule has 2 aromatic carbocycles. The third kappa shape index (κ3) is 3.92. The van der Waals surface area contributed by atoms with Crippen molar-refractivity contribution < 1.29 is 4.79 Å². The fourth-order valence-corrected chi connectivity index (χ4v) is 3.58. The molecule has 2 nitrogen and oxygen atoms in total. The molecule has 0 aromatic heterocycles. The molecule has 1 aliphatic carbocycles. The van der Waals surface area contributed by atoms with E-state index in [0.29, 0.717) is 5.75 Å². The molecule has 0 unspecified atom stereocenters. The maximum absolute atomic E-state index is 12.0. The van der Waals surface area contributed by atoms with Crippen molar-refractivity contribution in [2.24, 2.45) is 0 Å². The van der Waals surface area contributed by atoms with Gasteiger partial charge in [-0.05, 0) is 55.0 Å². The van der Waals surface area contributed by atoms with Crippen molar-refractivity contribution in [2.75, 3.05) is 11.1 Å². The Kier molecular flexibility index (Phi) is 4.84. The van der Waals surface area contributed by atoms with Crippen molar-refractivity contribution in [2.45, 2.75) is 31.9 Å². The van der Waals surface area contributed by atoms with Gasteiger partial charge in [-0.2, -0.15) is 0 Å². The van der Waals surface area contributed by atoms with E-state index < -0.39 is 0 Å². The molecule has 0 saturated heterocycles. The van der Waals surface area contributed by atoms with Gasteiger partial charge in [0.2, 0.25) is 5.91 Å². The highest BCUT2D eigenvalue weighted by atomic mass is 32.2. The number of thioether (sulfide) groups is 1. The number of anilines is 1. The van der Waals surface area contributed by atoms with Crippen LogP contribution < -0.4 is 5.32 Å². The molecule has 0 heterocycles. The van der Waals surface area contributed by atoms with Crippen LogP contribution in [0.5, 0.6) is 0 Å². The molecule has 0 radical (unpaired) electrons. The summed E-state index contributed by atoms with van der Waals surface area (Å²) in [6.07, 6.45) is 3.55. The summed E-state index contributed by atoms with van der Waals surface area (Å²) in [4.78, 5) is 12.0. The number of carbonyl (C=O) groups is 1. The standard InChI is InChI=1S/C19H21NOS/c1-14-5-7-15(8-6-14)12-22-13-19(21)20-18-10-9-16-3-2-4-17(16)11-18/h5-11H,2-4,12-13H2,1H3,(H,20,21). The Balaban J connectivity index is 1.47. The van der Waals surface area contributed by atoms with Gasteiger partial charge in [0, 0.05) is 11.4 Å². The fraction of sp³-hybridized carbons (Fsp3) is 0.316. The van der Waals surface area contributed by atoms with E-state index in [1.165, 1.54) is 35.1 Å². The van der Waals surface area contributed by atoms with Crippen LogP contribution in [0.25, 0.3) is 0 Å². The predicted octanol–water partition coefficient (Wildman–Crippen LogP) is 4.36. The second kappa shape index (κ2) is 7.01. The number of rotatable bonds is 5. The molecule has 2 aromatic rings. The van der Waals surface area contributed by atoms with Gasteiger partial charge in [0.05, 0.1) is 5.75 Å². The minimum absolute atomic E-state index is 0.0788. The lowest BCUT2D eigenvalue weighted by atomic mass is 10.1. The van der Waals surface area contributed by atoms with E-state index in [4.69, 9.17) is 0 Å². The molecule has 0 fully saturated rings. The average molecular weight is 311 g/mol. The lowest BCUT2D eigenvalue weighted by Crippen LogP contribution is -2.14. The van der Waals surface area contributed by atoms with E-state index in [1.54, 1.807) is 11.8 Å². The molecular weight excluding hydrogens is 290 g/mol. The van der Waals surface area contributed by atoms with Crippen LogP contribution in [0.2, 0.25) is 0 Å². The second-order valence-corrected chi connectivity index (χ2v) is 6.85. The number of nitrogens with one attached hydrogen (secondary N) is 1. The summed E-state index contributed by atoms with van der Waals surface area (Å²) in [5.41, 5.74) is 6.29. The van der Waals surface area contributed by atoms with E-state index in [-0.39, 0.29) is 5.91 Å². The summed E-state index contributed by atoms with van der Waals surface area (Å²) in [5.74, 6) is 1.44. The zero-order valence-corrected chi connectivity index (χ0v) is 13.7. The van der Waals surface area contributed by atoms with Crippen molar-refractivity contribution in [1.29, 1.82) is 0 Å². The highest BCUT2D eigenvalue weighted by Gasteiger charge is 2.11. The maximum atomic E-state index is 12.0. The summed E-state index contributed by atoms with van der Waals surface area (Å²) in [5, 5.41) is 3.01. The van der Waals surface area contributed by atoms with Gasteiger partial charge < -0.3 is 5.32 Å². The van der Waals surface area contributed by atoms with Gasteiger partial charge in [-0.3, -0.25) is 4.79 Å². The summed E-state index contributed by atoms with van der Waals surface area (Å²) >= 11 is 1.65. The molecule has 22 heavy (non-hydrogen) atoms. The molecule has 0 saturated carbocycles. The van der Waals surface area contributed by atoms with E-state index >= 15 is 0 Å². The van der Waals surface area contributed by atoms with Gasteiger partial charge in [0.1, 0.15) is 0 Å². The SMILES string of the molecule is Cc1ccc(CSCC(=O)Nc2ccc3c(c2)CCC3)cc1. The van der Waals surface area contributed by atoms with Crippen LogP contribution in [0.3, 0.4) is 0 Å². The predicted molar refractivity (Wildman–Crippen MR) is 94.4 cm³/mol. The minimum atomic E-state index is 0.0788. The molecule has 0 aliphatic heterocycles. The summed E-state index contributed by atoms with van der Waals surface area (Å²) in [6.45, 7) is 2.08. The second-order valence-electron chi connectivity index (χ2n) is 5.86. The van der Waals surface area contributed by atoms with Crippen LogP contribution in [-0.4, -0.2) is 11.7 Å². The van der Waals surface area contributed by atoms with Gasteiger partial charge in [0.25, 0.3) is 0 Å². The summed E-state index contributed by atoms with van der Waals surface area (Å²) in [6, 6.07) is 14.8. The normalized spacial score (nSPS) is 13.0. The Hall–Kier alpha value is -1.74. The number of carbonyl (C=O) groups excluding carboxylic acids is 1. The molecule has 0 bridgehead atoms. The monoisotopic (exact) mass is 311 g/mol. The van der Waals surface area contributed by atoms with Crippen molar-refractivity contribution in [1.82, 2.24) is 0 Å². The van der Waals surface area contributed by atoms with Crippen molar-refractivity contribution in [3.63, 3.8) is 0 Å². The molecule has 0 spiro atoms. The smallest absolute Gasteiger partial charge is 0.234 e. The van der Waals surface area contributed by atoms with Crippen LogP contribution in [0, 0.1) is 6.92 Å². The first-order valence-corrected chi connectivity index (χ1v) is 8.91. The average Bonchev–Trinajstić information content (AvgIpc) is 2.97. The lowest BCUT2D eigenvalue weighted by Gasteiger charge is -2.07.